The van der Waals surface area contributed by atoms with Crippen molar-refractivity contribution in [1.29, 1.82) is 0 Å². The molecule has 0 saturated carbocycles. The minimum Gasteiger partial charge on any atom is -0.475 e. The van der Waals surface area contributed by atoms with Crippen LogP contribution in [-0.4, -0.2) is 70.0 Å². The Morgan fingerprint density at radius 2 is 1.75 bits per heavy atom. The van der Waals surface area contributed by atoms with Crippen LogP contribution in [0, 0.1) is 17.7 Å². The number of halogens is 4. The Kier molecular flexibility index (Phi) is 8.19. The molecule has 1 unspecified atom stereocenters. The highest BCUT2D eigenvalue weighted by Crippen LogP contribution is 2.23. The molecule has 0 bridgehead atoms. The van der Waals surface area contributed by atoms with Crippen molar-refractivity contribution in [2.75, 3.05) is 32.8 Å². The van der Waals surface area contributed by atoms with Crippen molar-refractivity contribution in [1.82, 2.24) is 19.9 Å². The number of carboxylic acid groups (broad SMARTS) is 1. The molecule has 2 aliphatic rings. The highest BCUT2D eigenvalue weighted by molar-refractivity contribution is 5.73. The summed E-state index contributed by atoms with van der Waals surface area (Å²) >= 11 is 0. The van der Waals surface area contributed by atoms with E-state index in [-0.39, 0.29) is 5.82 Å². The van der Waals surface area contributed by atoms with Crippen molar-refractivity contribution in [3.63, 3.8) is 0 Å². The molecule has 32 heavy (non-hydrogen) atoms. The zero-order chi connectivity index (χ0) is 23.1. The van der Waals surface area contributed by atoms with Gasteiger partial charge in [0.05, 0.1) is 12.8 Å². The number of aliphatic carboxylic acids is 1. The molecule has 1 aromatic heterocycles. The highest BCUT2D eigenvalue weighted by Gasteiger charge is 2.38. The third kappa shape index (κ3) is 7.27. The number of carbonyl (C=O) groups is 1. The molecule has 1 aromatic carbocycles. The van der Waals surface area contributed by atoms with Crippen molar-refractivity contribution in [3.8, 4) is 11.3 Å². The third-order valence-corrected chi connectivity index (χ3v) is 5.61. The second-order valence-electron chi connectivity index (χ2n) is 8.11. The van der Waals surface area contributed by atoms with E-state index in [0.717, 1.165) is 36.9 Å². The summed E-state index contributed by atoms with van der Waals surface area (Å²) in [5.74, 6) is -1.61. The number of carboxylic acids is 1. The molecule has 4 rings (SSSR count). The minimum absolute atomic E-state index is 0.230. The van der Waals surface area contributed by atoms with Crippen molar-refractivity contribution in [2.45, 2.75) is 32.0 Å². The van der Waals surface area contributed by atoms with Crippen LogP contribution in [0.2, 0.25) is 0 Å². The molecule has 2 aromatic rings. The van der Waals surface area contributed by atoms with Gasteiger partial charge in [-0.25, -0.2) is 9.18 Å². The fourth-order valence-corrected chi connectivity index (χ4v) is 3.85. The van der Waals surface area contributed by atoms with Gasteiger partial charge in [0, 0.05) is 25.3 Å². The molecule has 2 fully saturated rings. The first-order valence-electron chi connectivity index (χ1n) is 10.5. The van der Waals surface area contributed by atoms with E-state index in [1.54, 1.807) is 12.1 Å². The average molecular weight is 458 g/mol. The molecule has 11 heteroatoms. The Balaban J connectivity index is 0.000000360. The maximum absolute atomic E-state index is 13.0. The van der Waals surface area contributed by atoms with Crippen LogP contribution < -0.4 is 0 Å². The summed E-state index contributed by atoms with van der Waals surface area (Å²) in [6, 6.07) is 6.41. The van der Waals surface area contributed by atoms with Crippen molar-refractivity contribution >= 4 is 5.97 Å². The van der Waals surface area contributed by atoms with Crippen LogP contribution >= 0.6 is 0 Å². The molecule has 7 nitrogen and oxygen atoms in total. The largest absolute Gasteiger partial charge is 0.490 e. The summed E-state index contributed by atoms with van der Waals surface area (Å²) in [4.78, 5) is 11.5. The third-order valence-electron chi connectivity index (χ3n) is 5.61. The zero-order valence-electron chi connectivity index (χ0n) is 17.5. The summed E-state index contributed by atoms with van der Waals surface area (Å²) < 4.78 is 52.2. The quantitative estimate of drug-likeness (QED) is 0.692. The zero-order valence-corrected chi connectivity index (χ0v) is 17.5. The molecule has 0 aliphatic carbocycles. The lowest BCUT2D eigenvalue weighted by Gasteiger charge is -2.33. The van der Waals surface area contributed by atoms with Gasteiger partial charge in [-0.05, 0) is 68.5 Å². The predicted molar refractivity (Wildman–Crippen MR) is 107 cm³/mol. The Hall–Kier alpha value is -2.53. The van der Waals surface area contributed by atoms with E-state index in [0.29, 0.717) is 5.92 Å². The first-order chi connectivity index (χ1) is 15.2. The fourth-order valence-electron chi connectivity index (χ4n) is 3.85. The van der Waals surface area contributed by atoms with Gasteiger partial charge in [-0.2, -0.15) is 13.2 Å². The smallest absolute Gasteiger partial charge is 0.475 e. The molecular formula is C21H26F4N4O3. The van der Waals surface area contributed by atoms with Crippen LogP contribution in [0.3, 0.4) is 0 Å². The molecule has 2 aliphatic heterocycles. The molecule has 0 spiro atoms. The molecule has 1 N–H and O–H groups in total. The molecule has 176 valence electrons. The van der Waals surface area contributed by atoms with Gasteiger partial charge in [0.15, 0.2) is 0 Å². The van der Waals surface area contributed by atoms with Crippen LogP contribution in [0.4, 0.5) is 17.6 Å². The van der Waals surface area contributed by atoms with E-state index >= 15 is 0 Å². The normalized spacial score (nSPS) is 20.1. The van der Waals surface area contributed by atoms with Gasteiger partial charge in [-0.15, -0.1) is 5.10 Å². The van der Waals surface area contributed by atoms with Crippen LogP contribution in [0.25, 0.3) is 11.3 Å². The number of benzene rings is 1. The van der Waals surface area contributed by atoms with Crippen molar-refractivity contribution in [2.24, 2.45) is 11.8 Å². The molecule has 2 saturated heterocycles. The van der Waals surface area contributed by atoms with Crippen LogP contribution in [-0.2, 0) is 16.1 Å². The maximum Gasteiger partial charge on any atom is 0.490 e. The second-order valence-corrected chi connectivity index (χ2v) is 8.11. The lowest BCUT2D eigenvalue weighted by Crippen LogP contribution is -2.38. The molecule has 1 atom stereocenters. The monoisotopic (exact) mass is 458 g/mol. The number of aromatic nitrogens is 3. The Bertz CT molecular complexity index is 859. The first kappa shape index (κ1) is 24.1. The highest BCUT2D eigenvalue weighted by atomic mass is 19.4. The number of piperidine rings is 1. The number of likely N-dealkylation sites (tertiary alicyclic amines) is 1. The van der Waals surface area contributed by atoms with Gasteiger partial charge in [0.1, 0.15) is 11.5 Å². The number of nitrogens with zero attached hydrogens (tertiary/aromatic N) is 4. The SMILES string of the molecule is Fc1ccc(-c2cn(CC3CCN(CC4CCOC4)CC3)nn2)cc1.O=C(O)C(F)(F)F. The lowest BCUT2D eigenvalue weighted by molar-refractivity contribution is -0.192. The average Bonchev–Trinajstić information content (AvgIpc) is 3.42. The molecule has 0 amide bonds. The van der Waals surface area contributed by atoms with Gasteiger partial charge >= 0.3 is 12.1 Å². The number of hydrogen-bond acceptors (Lipinski definition) is 5. The number of rotatable bonds is 5. The Morgan fingerprint density at radius 1 is 1.09 bits per heavy atom. The summed E-state index contributed by atoms with van der Waals surface area (Å²) in [7, 11) is 0. The van der Waals surface area contributed by atoms with Crippen LogP contribution in [0.1, 0.15) is 19.3 Å². The van der Waals surface area contributed by atoms with Gasteiger partial charge in [0.25, 0.3) is 0 Å². The van der Waals surface area contributed by atoms with Crippen LogP contribution in [0.5, 0.6) is 0 Å². The number of alkyl halides is 3. The Morgan fingerprint density at radius 3 is 2.31 bits per heavy atom. The summed E-state index contributed by atoms with van der Waals surface area (Å²) in [5, 5.41) is 15.6. The van der Waals surface area contributed by atoms with Crippen molar-refractivity contribution < 1.29 is 32.2 Å². The van der Waals surface area contributed by atoms with Crippen LogP contribution in [0.15, 0.2) is 30.5 Å². The van der Waals surface area contributed by atoms with E-state index in [4.69, 9.17) is 14.6 Å². The lowest BCUT2D eigenvalue weighted by atomic mass is 9.96. The Labute approximate surface area is 183 Å². The van der Waals surface area contributed by atoms with Gasteiger partial charge in [-0.3, -0.25) is 4.68 Å². The van der Waals surface area contributed by atoms with E-state index in [2.05, 4.69) is 15.2 Å². The van der Waals surface area contributed by atoms with E-state index in [1.807, 2.05) is 10.9 Å². The maximum atomic E-state index is 13.0. The van der Waals surface area contributed by atoms with E-state index in [1.165, 1.54) is 51.0 Å². The van der Waals surface area contributed by atoms with Gasteiger partial charge in [-0.1, -0.05) is 5.21 Å². The summed E-state index contributed by atoms with van der Waals surface area (Å²) in [5.41, 5.74) is 1.71. The van der Waals surface area contributed by atoms with Gasteiger partial charge in [0.2, 0.25) is 0 Å². The first-order valence-corrected chi connectivity index (χ1v) is 10.5. The second kappa shape index (κ2) is 10.9. The van der Waals surface area contributed by atoms with E-state index in [9.17, 15) is 17.6 Å². The number of ether oxygens (including phenoxy) is 1. The fraction of sp³-hybridized carbons (Fsp3) is 0.571. The predicted octanol–water partition coefficient (Wildman–Crippen LogP) is 3.47. The number of hydrogen-bond donors (Lipinski definition) is 1. The topological polar surface area (TPSA) is 80.5 Å². The van der Waals surface area contributed by atoms with Crippen molar-refractivity contribution in [3.05, 3.63) is 36.3 Å². The molecule has 0 radical (unpaired) electrons. The standard InChI is InChI=1S/C19H25FN4O.C2HF3O2/c20-18-3-1-17(2-4-18)19-13-24(22-21-19)12-15-5-8-23(9-6-15)11-16-7-10-25-14-16;3-2(4,5)1(6)7/h1-4,13,15-16H,5-12,14H2;(H,6,7). The minimum atomic E-state index is -5.08. The summed E-state index contributed by atoms with van der Waals surface area (Å²) in [6.07, 6.45) is 0.513. The summed E-state index contributed by atoms with van der Waals surface area (Å²) in [6.45, 7) is 6.30. The van der Waals surface area contributed by atoms with E-state index < -0.39 is 12.1 Å². The molecular weight excluding hydrogens is 432 g/mol. The van der Waals surface area contributed by atoms with Gasteiger partial charge < -0.3 is 14.7 Å². The molecule has 3 heterocycles.